The standard InChI is InChI=1S/C14H21N3O4/c1-4-16(5-2)14(18)6-7-15-11-8-12(17(19)20)10-13(9-11)21-3/h8-10,15H,4-7H2,1-3H3. The van der Waals surface area contributed by atoms with E-state index in [0.29, 0.717) is 37.5 Å². The topological polar surface area (TPSA) is 84.7 Å². The summed E-state index contributed by atoms with van der Waals surface area (Å²) >= 11 is 0. The average molecular weight is 295 g/mol. The van der Waals surface area contributed by atoms with Gasteiger partial charge < -0.3 is 15.0 Å². The Labute approximate surface area is 124 Å². The molecule has 0 atom stereocenters. The van der Waals surface area contributed by atoms with Crippen LogP contribution in [0.25, 0.3) is 0 Å². The maximum absolute atomic E-state index is 11.8. The van der Waals surface area contributed by atoms with Gasteiger partial charge in [0.15, 0.2) is 0 Å². The van der Waals surface area contributed by atoms with E-state index in [0.717, 1.165) is 0 Å². The minimum Gasteiger partial charge on any atom is -0.496 e. The molecule has 0 spiro atoms. The van der Waals surface area contributed by atoms with Gasteiger partial charge in [-0.25, -0.2) is 0 Å². The second-order valence-corrected chi connectivity index (χ2v) is 4.42. The Balaban J connectivity index is 2.65. The van der Waals surface area contributed by atoms with Gasteiger partial charge in [0.1, 0.15) is 5.75 Å². The van der Waals surface area contributed by atoms with Gasteiger partial charge in [-0.05, 0) is 13.8 Å². The fraction of sp³-hybridized carbons (Fsp3) is 0.500. The van der Waals surface area contributed by atoms with E-state index >= 15 is 0 Å². The first-order chi connectivity index (χ1) is 10.0. The Morgan fingerprint density at radius 2 is 2.00 bits per heavy atom. The molecule has 0 heterocycles. The molecule has 0 saturated carbocycles. The number of non-ortho nitro benzene ring substituents is 1. The number of hydrogen-bond donors (Lipinski definition) is 1. The average Bonchev–Trinajstić information content (AvgIpc) is 2.48. The molecule has 7 heteroatoms. The first-order valence-electron chi connectivity index (χ1n) is 6.86. The molecule has 1 aromatic rings. The minimum absolute atomic E-state index is 0.0491. The predicted molar refractivity (Wildman–Crippen MR) is 80.7 cm³/mol. The fourth-order valence-corrected chi connectivity index (χ4v) is 1.96. The van der Waals surface area contributed by atoms with Crippen LogP contribution >= 0.6 is 0 Å². The maximum atomic E-state index is 11.8. The zero-order chi connectivity index (χ0) is 15.8. The van der Waals surface area contributed by atoms with Crippen molar-refractivity contribution < 1.29 is 14.5 Å². The monoisotopic (exact) mass is 295 g/mol. The minimum atomic E-state index is -0.477. The van der Waals surface area contributed by atoms with E-state index in [1.165, 1.54) is 19.2 Å². The van der Waals surface area contributed by atoms with Crippen LogP contribution in [0.1, 0.15) is 20.3 Å². The zero-order valence-corrected chi connectivity index (χ0v) is 12.6. The molecule has 116 valence electrons. The number of ether oxygens (including phenoxy) is 1. The van der Waals surface area contributed by atoms with Crippen LogP contribution in [0.3, 0.4) is 0 Å². The second-order valence-electron chi connectivity index (χ2n) is 4.42. The van der Waals surface area contributed by atoms with Crippen LogP contribution in [0.4, 0.5) is 11.4 Å². The summed E-state index contributed by atoms with van der Waals surface area (Å²) in [5.41, 5.74) is 0.514. The lowest BCUT2D eigenvalue weighted by atomic mass is 10.2. The number of carbonyl (C=O) groups is 1. The fourth-order valence-electron chi connectivity index (χ4n) is 1.96. The first kappa shape index (κ1) is 16.7. The van der Waals surface area contributed by atoms with Gasteiger partial charge in [0.05, 0.1) is 18.1 Å². The zero-order valence-electron chi connectivity index (χ0n) is 12.6. The van der Waals surface area contributed by atoms with Crippen LogP contribution in [0.15, 0.2) is 18.2 Å². The molecule has 0 aliphatic rings. The summed E-state index contributed by atoms with van der Waals surface area (Å²) < 4.78 is 5.03. The number of rotatable bonds is 8. The van der Waals surface area contributed by atoms with Crippen molar-refractivity contribution in [2.75, 3.05) is 32.1 Å². The van der Waals surface area contributed by atoms with Crippen LogP contribution in [-0.4, -0.2) is 42.5 Å². The maximum Gasteiger partial charge on any atom is 0.275 e. The van der Waals surface area contributed by atoms with Crippen LogP contribution in [0.5, 0.6) is 5.75 Å². The van der Waals surface area contributed by atoms with Gasteiger partial charge in [-0.15, -0.1) is 0 Å². The van der Waals surface area contributed by atoms with E-state index in [2.05, 4.69) is 5.32 Å². The molecular weight excluding hydrogens is 274 g/mol. The summed E-state index contributed by atoms with van der Waals surface area (Å²) in [5.74, 6) is 0.465. The van der Waals surface area contributed by atoms with Crippen LogP contribution < -0.4 is 10.1 Å². The van der Waals surface area contributed by atoms with Crippen LogP contribution in [-0.2, 0) is 4.79 Å². The summed E-state index contributed by atoms with van der Waals surface area (Å²) in [6.45, 7) is 5.64. The first-order valence-corrected chi connectivity index (χ1v) is 6.86. The molecule has 1 amide bonds. The largest absolute Gasteiger partial charge is 0.496 e. The molecule has 0 fully saturated rings. The number of nitrogens with zero attached hydrogens (tertiary/aromatic N) is 2. The third-order valence-electron chi connectivity index (χ3n) is 3.12. The van der Waals surface area contributed by atoms with Gasteiger partial charge >= 0.3 is 0 Å². The van der Waals surface area contributed by atoms with E-state index in [9.17, 15) is 14.9 Å². The van der Waals surface area contributed by atoms with E-state index in [1.807, 2.05) is 13.8 Å². The molecule has 0 radical (unpaired) electrons. The number of nitro groups is 1. The van der Waals surface area contributed by atoms with Crippen molar-refractivity contribution in [1.29, 1.82) is 0 Å². The molecule has 0 aromatic heterocycles. The molecular formula is C14H21N3O4. The van der Waals surface area contributed by atoms with Gasteiger partial charge in [0.2, 0.25) is 5.91 Å². The van der Waals surface area contributed by atoms with Crippen molar-refractivity contribution in [2.45, 2.75) is 20.3 Å². The van der Waals surface area contributed by atoms with E-state index in [-0.39, 0.29) is 11.6 Å². The van der Waals surface area contributed by atoms with Gasteiger partial charge in [0, 0.05) is 43.9 Å². The van der Waals surface area contributed by atoms with E-state index in [1.54, 1.807) is 11.0 Å². The smallest absolute Gasteiger partial charge is 0.275 e. The van der Waals surface area contributed by atoms with Crippen molar-refractivity contribution in [2.24, 2.45) is 0 Å². The molecule has 1 aromatic carbocycles. The van der Waals surface area contributed by atoms with Gasteiger partial charge in [-0.2, -0.15) is 0 Å². The van der Waals surface area contributed by atoms with Gasteiger partial charge in [0.25, 0.3) is 5.69 Å². The molecule has 1 N–H and O–H groups in total. The molecule has 0 unspecified atom stereocenters. The lowest BCUT2D eigenvalue weighted by Crippen LogP contribution is -2.31. The van der Waals surface area contributed by atoms with E-state index in [4.69, 9.17) is 4.74 Å². The Morgan fingerprint density at radius 3 is 2.52 bits per heavy atom. The Kier molecular flexibility index (Phi) is 6.45. The Hall–Kier alpha value is -2.31. The number of amides is 1. The lowest BCUT2D eigenvalue weighted by molar-refractivity contribution is -0.384. The van der Waals surface area contributed by atoms with Crippen molar-refractivity contribution >= 4 is 17.3 Å². The highest BCUT2D eigenvalue weighted by Gasteiger charge is 2.12. The van der Waals surface area contributed by atoms with Gasteiger partial charge in [-0.3, -0.25) is 14.9 Å². The van der Waals surface area contributed by atoms with Crippen LogP contribution in [0, 0.1) is 10.1 Å². The normalized spacial score (nSPS) is 10.0. The summed E-state index contributed by atoms with van der Waals surface area (Å²) in [5, 5.41) is 13.8. The van der Waals surface area contributed by atoms with Crippen molar-refractivity contribution in [3.63, 3.8) is 0 Å². The quantitative estimate of drug-likeness (QED) is 0.587. The number of anilines is 1. The number of benzene rings is 1. The van der Waals surface area contributed by atoms with E-state index < -0.39 is 4.92 Å². The molecule has 0 aliphatic carbocycles. The second kappa shape index (κ2) is 8.08. The third kappa shape index (κ3) is 4.94. The van der Waals surface area contributed by atoms with Crippen molar-refractivity contribution in [3.05, 3.63) is 28.3 Å². The highest BCUT2D eigenvalue weighted by molar-refractivity contribution is 5.76. The number of methoxy groups -OCH3 is 1. The Morgan fingerprint density at radius 1 is 1.33 bits per heavy atom. The number of hydrogen-bond acceptors (Lipinski definition) is 5. The molecule has 0 saturated heterocycles. The number of nitro benzene ring substituents is 1. The summed E-state index contributed by atoms with van der Waals surface area (Å²) in [6, 6.07) is 4.44. The predicted octanol–water partition coefficient (Wildman–Crippen LogP) is 2.27. The molecule has 21 heavy (non-hydrogen) atoms. The Bertz CT molecular complexity index is 501. The molecule has 0 bridgehead atoms. The third-order valence-corrected chi connectivity index (χ3v) is 3.12. The summed E-state index contributed by atoms with van der Waals surface area (Å²) in [7, 11) is 1.45. The summed E-state index contributed by atoms with van der Waals surface area (Å²) in [4.78, 5) is 23.9. The number of nitrogens with one attached hydrogen (secondary N) is 1. The molecule has 0 aliphatic heterocycles. The highest BCUT2D eigenvalue weighted by atomic mass is 16.6. The molecule has 7 nitrogen and oxygen atoms in total. The lowest BCUT2D eigenvalue weighted by Gasteiger charge is -2.18. The van der Waals surface area contributed by atoms with Crippen molar-refractivity contribution in [1.82, 2.24) is 4.90 Å². The van der Waals surface area contributed by atoms with Crippen molar-refractivity contribution in [3.8, 4) is 5.75 Å². The number of carbonyl (C=O) groups excluding carboxylic acids is 1. The van der Waals surface area contributed by atoms with Crippen LogP contribution in [0.2, 0.25) is 0 Å². The summed E-state index contributed by atoms with van der Waals surface area (Å²) in [6.07, 6.45) is 0.340. The SMILES string of the molecule is CCN(CC)C(=O)CCNc1cc(OC)cc([N+](=O)[O-])c1. The van der Waals surface area contributed by atoms with Gasteiger partial charge in [-0.1, -0.05) is 0 Å². The highest BCUT2D eigenvalue weighted by Crippen LogP contribution is 2.25. The molecule has 1 rings (SSSR count).